The number of thioether (sulfide) groups is 1. The molecular formula is C13H19N5OS. The zero-order valence-electron chi connectivity index (χ0n) is 11.6. The molecule has 0 aromatic carbocycles. The van der Waals surface area contributed by atoms with E-state index in [0.717, 1.165) is 29.5 Å². The Hall–Kier alpha value is -1.34. The molecular weight excluding hydrogens is 274 g/mol. The van der Waals surface area contributed by atoms with Gasteiger partial charge in [-0.15, -0.1) is 5.10 Å². The van der Waals surface area contributed by atoms with E-state index >= 15 is 0 Å². The summed E-state index contributed by atoms with van der Waals surface area (Å²) in [5, 5.41) is 17.6. The Balaban J connectivity index is 2.15. The van der Waals surface area contributed by atoms with Crippen LogP contribution in [0.25, 0.3) is 5.78 Å². The SMILES string of the molecule is CSc1nc2nc3c(c(NCCO)n2n1)CCCCC3. The number of fused-ring (bicyclic) bond motifs is 2. The first-order valence-electron chi connectivity index (χ1n) is 7.00. The van der Waals surface area contributed by atoms with Crippen molar-refractivity contribution in [2.75, 3.05) is 24.7 Å². The first kappa shape index (κ1) is 13.6. The molecule has 0 atom stereocenters. The molecule has 2 aromatic rings. The zero-order valence-corrected chi connectivity index (χ0v) is 12.4. The van der Waals surface area contributed by atoms with E-state index in [9.17, 15) is 0 Å². The third-order valence-corrected chi connectivity index (χ3v) is 4.12. The van der Waals surface area contributed by atoms with Gasteiger partial charge in [-0.05, 0) is 31.9 Å². The summed E-state index contributed by atoms with van der Waals surface area (Å²) in [4.78, 5) is 9.13. The first-order valence-corrected chi connectivity index (χ1v) is 8.23. The summed E-state index contributed by atoms with van der Waals surface area (Å²) in [5.41, 5.74) is 2.37. The number of aliphatic hydroxyl groups is 1. The standard InChI is InChI=1S/C13H19N5OS/c1-20-13-16-12-15-10-6-4-2-3-5-9(10)11(14-7-8-19)18(12)17-13/h14,19H,2-8H2,1H3. The maximum Gasteiger partial charge on any atom is 0.255 e. The van der Waals surface area contributed by atoms with Gasteiger partial charge in [-0.2, -0.15) is 9.50 Å². The van der Waals surface area contributed by atoms with Crippen molar-refractivity contribution in [2.45, 2.75) is 37.3 Å². The van der Waals surface area contributed by atoms with Crippen molar-refractivity contribution in [1.82, 2.24) is 19.6 Å². The molecule has 0 saturated heterocycles. The largest absolute Gasteiger partial charge is 0.395 e. The van der Waals surface area contributed by atoms with Gasteiger partial charge in [0.1, 0.15) is 5.82 Å². The number of nitrogens with zero attached hydrogens (tertiary/aromatic N) is 4. The molecule has 0 fully saturated rings. The van der Waals surface area contributed by atoms with Crippen LogP contribution >= 0.6 is 11.8 Å². The Bertz CT molecular complexity index is 612. The molecule has 108 valence electrons. The van der Waals surface area contributed by atoms with Gasteiger partial charge in [0, 0.05) is 12.1 Å². The molecule has 2 N–H and O–H groups in total. The lowest BCUT2D eigenvalue weighted by molar-refractivity contribution is 0.311. The fourth-order valence-electron chi connectivity index (χ4n) is 2.64. The molecule has 1 aliphatic carbocycles. The van der Waals surface area contributed by atoms with Gasteiger partial charge in [0.25, 0.3) is 5.78 Å². The lowest BCUT2D eigenvalue weighted by Crippen LogP contribution is -2.15. The number of aromatic nitrogens is 4. The molecule has 0 unspecified atom stereocenters. The van der Waals surface area contributed by atoms with Crippen molar-refractivity contribution in [3.8, 4) is 0 Å². The highest BCUT2D eigenvalue weighted by Gasteiger charge is 2.19. The highest BCUT2D eigenvalue weighted by Crippen LogP contribution is 2.27. The summed E-state index contributed by atoms with van der Waals surface area (Å²) in [6.45, 7) is 0.614. The predicted molar refractivity (Wildman–Crippen MR) is 79.4 cm³/mol. The summed E-state index contributed by atoms with van der Waals surface area (Å²) in [6, 6.07) is 0. The van der Waals surface area contributed by atoms with E-state index in [-0.39, 0.29) is 6.61 Å². The van der Waals surface area contributed by atoms with Crippen molar-refractivity contribution in [2.24, 2.45) is 0 Å². The van der Waals surface area contributed by atoms with Gasteiger partial charge in [-0.25, -0.2) is 4.98 Å². The van der Waals surface area contributed by atoms with Crippen LogP contribution in [-0.4, -0.2) is 44.1 Å². The van der Waals surface area contributed by atoms with Gasteiger partial charge in [-0.3, -0.25) is 0 Å². The summed E-state index contributed by atoms with van der Waals surface area (Å²) in [5.74, 6) is 1.60. The van der Waals surface area contributed by atoms with E-state index in [2.05, 4.69) is 20.4 Å². The molecule has 0 saturated carbocycles. The number of rotatable bonds is 4. The van der Waals surface area contributed by atoms with Crippen molar-refractivity contribution < 1.29 is 5.11 Å². The number of anilines is 1. The van der Waals surface area contributed by atoms with Crippen molar-refractivity contribution in [1.29, 1.82) is 0 Å². The summed E-state index contributed by atoms with van der Waals surface area (Å²) >= 11 is 1.51. The average Bonchev–Trinajstić information content (AvgIpc) is 2.73. The van der Waals surface area contributed by atoms with Crippen molar-refractivity contribution in [3.05, 3.63) is 11.3 Å². The smallest absolute Gasteiger partial charge is 0.255 e. The Kier molecular flexibility index (Phi) is 4.07. The third kappa shape index (κ3) is 2.47. The molecule has 0 bridgehead atoms. The third-order valence-electron chi connectivity index (χ3n) is 3.58. The minimum Gasteiger partial charge on any atom is -0.395 e. The van der Waals surface area contributed by atoms with Gasteiger partial charge in [-0.1, -0.05) is 18.2 Å². The van der Waals surface area contributed by atoms with Crippen LogP contribution in [-0.2, 0) is 12.8 Å². The topological polar surface area (TPSA) is 75.3 Å². The number of nitrogens with one attached hydrogen (secondary N) is 1. The van der Waals surface area contributed by atoms with Crippen LogP contribution in [0.15, 0.2) is 5.16 Å². The van der Waals surface area contributed by atoms with E-state index in [4.69, 9.17) is 5.11 Å². The van der Waals surface area contributed by atoms with Crippen LogP contribution in [0.3, 0.4) is 0 Å². The van der Waals surface area contributed by atoms with E-state index in [1.165, 1.54) is 36.6 Å². The fraction of sp³-hybridized carbons (Fsp3) is 0.615. The van der Waals surface area contributed by atoms with Gasteiger partial charge in [0.05, 0.1) is 12.3 Å². The average molecular weight is 293 g/mol. The second-order valence-corrected chi connectivity index (χ2v) is 5.68. The van der Waals surface area contributed by atoms with E-state index < -0.39 is 0 Å². The van der Waals surface area contributed by atoms with Crippen LogP contribution in [0.5, 0.6) is 0 Å². The molecule has 0 amide bonds. The molecule has 7 heteroatoms. The minimum absolute atomic E-state index is 0.0999. The van der Waals surface area contributed by atoms with Gasteiger partial charge < -0.3 is 10.4 Å². The number of aryl methyl sites for hydroxylation is 1. The molecule has 0 radical (unpaired) electrons. The van der Waals surface area contributed by atoms with Gasteiger partial charge >= 0.3 is 0 Å². The number of hydrogen-bond donors (Lipinski definition) is 2. The Morgan fingerprint density at radius 1 is 1.25 bits per heavy atom. The highest BCUT2D eigenvalue weighted by atomic mass is 32.2. The minimum atomic E-state index is 0.0999. The summed E-state index contributed by atoms with van der Waals surface area (Å²) < 4.78 is 1.78. The van der Waals surface area contributed by atoms with Crippen LogP contribution in [0.2, 0.25) is 0 Å². The van der Waals surface area contributed by atoms with Crippen LogP contribution in [0.1, 0.15) is 30.5 Å². The van der Waals surface area contributed by atoms with E-state index in [0.29, 0.717) is 12.3 Å². The quantitative estimate of drug-likeness (QED) is 0.657. The van der Waals surface area contributed by atoms with Crippen molar-refractivity contribution >= 4 is 23.4 Å². The first-order chi connectivity index (χ1) is 9.83. The lowest BCUT2D eigenvalue weighted by atomic mass is 10.1. The van der Waals surface area contributed by atoms with E-state index in [1.807, 2.05) is 6.26 Å². The maximum atomic E-state index is 9.08. The molecule has 20 heavy (non-hydrogen) atoms. The second kappa shape index (κ2) is 5.97. The fourth-order valence-corrected chi connectivity index (χ4v) is 2.98. The molecule has 0 spiro atoms. The highest BCUT2D eigenvalue weighted by molar-refractivity contribution is 7.98. The summed E-state index contributed by atoms with van der Waals surface area (Å²) in [7, 11) is 0. The number of aliphatic hydroxyl groups excluding tert-OH is 1. The van der Waals surface area contributed by atoms with Crippen LogP contribution in [0, 0.1) is 0 Å². The molecule has 0 aliphatic heterocycles. The predicted octanol–water partition coefficient (Wildman–Crippen LogP) is 1.52. The lowest BCUT2D eigenvalue weighted by Gasteiger charge is -2.14. The van der Waals surface area contributed by atoms with Crippen molar-refractivity contribution in [3.63, 3.8) is 0 Å². The summed E-state index contributed by atoms with van der Waals surface area (Å²) in [6.07, 6.45) is 7.57. The van der Waals surface area contributed by atoms with Crippen LogP contribution < -0.4 is 5.32 Å². The molecule has 2 aromatic heterocycles. The Labute approximate surface area is 122 Å². The second-order valence-electron chi connectivity index (χ2n) is 4.91. The normalized spacial score (nSPS) is 15.1. The Morgan fingerprint density at radius 3 is 2.90 bits per heavy atom. The molecule has 1 aliphatic rings. The van der Waals surface area contributed by atoms with Gasteiger partial charge in [0.2, 0.25) is 5.16 Å². The monoisotopic (exact) mass is 293 g/mol. The Morgan fingerprint density at radius 2 is 2.10 bits per heavy atom. The maximum absolute atomic E-state index is 9.08. The number of hydrogen-bond acceptors (Lipinski definition) is 6. The molecule has 6 nitrogen and oxygen atoms in total. The molecule has 3 rings (SSSR count). The zero-order chi connectivity index (χ0) is 13.9. The molecule has 2 heterocycles. The van der Waals surface area contributed by atoms with Gasteiger partial charge in [0.15, 0.2) is 0 Å². The van der Waals surface area contributed by atoms with E-state index in [1.54, 1.807) is 4.52 Å². The van der Waals surface area contributed by atoms with Crippen LogP contribution in [0.4, 0.5) is 5.82 Å².